The number of hydrogen-bond donors (Lipinski definition) is 2. The van der Waals surface area contributed by atoms with E-state index in [0.717, 1.165) is 24.3 Å². The SMILES string of the molecule is CCCCCCCN(CCCO)C(=O)c1cc(N)c(C)s1. The highest BCUT2D eigenvalue weighted by Crippen LogP contribution is 2.24. The maximum Gasteiger partial charge on any atom is 0.264 e. The average molecular weight is 312 g/mol. The molecule has 0 unspecified atom stereocenters. The molecule has 0 saturated heterocycles. The summed E-state index contributed by atoms with van der Waals surface area (Å²) in [4.78, 5) is 16.1. The number of nitrogen functional groups attached to an aromatic ring is 1. The minimum Gasteiger partial charge on any atom is -0.398 e. The molecule has 0 atom stereocenters. The Labute approximate surface area is 132 Å². The summed E-state index contributed by atoms with van der Waals surface area (Å²) in [6.07, 6.45) is 6.51. The summed E-state index contributed by atoms with van der Waals surface area (Å²) in [5, 5.41) is 9.00. The lowest BCUT2D eigenvalue weighted by Crippen LogP contribution is -2.33. The molecule has 0 saturated carbocycles. The summed E-state index contributed by atoms with van der Waals surface area (Å²) in [5.74, 6) is 0.0451. The molecule has 21 heavy (non-hydrogen) atoms. The molecule has 0 aliphatic carbocycles. The molecular weight excluding hydrogens is 284 g/mol. The van der Waals surface area contributed by atoms with Crippen molar-refractivity contribution >= 4 is 22.9 Å². The Morgan fingerprint density at radius 3 is 2.48 bits per heavy atom. The van der Waals surface area contributed by atoms with E-state index >= 15 is 0 Å². The van der Waals surface area contributed by atoms with Crippen LogP contribution in [0.25, 0.3) is 0 Å². The van der Waals surface area contributed by atoms with E-state index in [1.807, 2.05) is 11.8 Å². The van der Waals surface area contributed by atoms with Gasteiger partial charge in [-0.2, -0.15) is 0 Å². The number of unbranched alkanes of at least 4 members (excludes halogenated alkanes) is 4. The van der Waals surface area contributed by atoms with Gasteiger partial charge in [-0.1, -0.05) is 32.6 Å². The molecule has 0 aliphatic heterocycles. The van der Waals surface area contributed by atoms with Gasteiger partial charge in [0.25, 0.3) is 5.91 Å². The highest BCUT2D eigenvalue weighted by molar-refractivity contribution is 7.14. The topological polar surface area (TPSA) is 66.6 Å². The summed E-state index contributed by atoms with van der Waals surface area (Å²) >= 11 is 1.45. The third-order valence-electron chi connectivity index (χ3n) is 3.57. The molecule has 1 heterocycles. The zero-order valence-corrected chi connectivity index (χ0v) is 14.0. The van der Waals surface area contributed by atoms with Crippen molar-refractivity contribution in [2.45, 2.75) is 52.4 Å². The molecule has 1 aromatic rings. The Morgan fingerprint density at radius 1 is 1.24 bits per heavy atom. The number of carbonyl (C=O) groups is 1. The van der Waals surface area contributed by atoms with E-state index in [-0.39, 0.29) is 12.5 Å². The van der Waals surface area contributed by atoms with Gasteiger partial charge in [0, 0.05) is 30.3 Å². The smallest absolute Gasteiger partial charge is 0.264 e. The number of anilines is 1. The van der Waals surface area contributed by atoms with E-state index in [0.29, 0.717) is 23.5 Å². The fourth-order valence-corrected chi connectivity index (χ4v) is 3.15. The normalized spacial score (nSPS) is 10.8. The van der Waals surface area contributed by atoms with Crippen LogP contribution in [0.15, 0.2) is 6.07 Å². The van der Waals surface area contributed by atoms with Crippen molar-refractivity contribution in [1.29, 1.82) is 0 Å². The van der Waals surface area contributed by atoms with Crippen LogP contribution < -0.4 is 5.73 Å². The van der Waals surface area contributed by atoms with Crippen molar-refractivity contribution in [2.75, 3.05) is 25.4 Å². The fraction of sp³-hybridized carbons (Fsp3) is 0.688. The van der Waals surface area contributed by atoms with E-state index < -0.39 is 0 Å². The van der Waals surface area contributed by atoms with Gasteiger partial charge in [0.2, 0.25) is 0 Å². The molecule has 0 fully saturated rings. The number of aliphatic hydroxyl groups excluding tert-OH is 1. The molecule has 0 aromatic carbocycles. The molecule has 4 nitrogen and oxygen atoms in total. The molecule has 1 amide bonds. The standard InChI is InChI=1S/C16H28N2O2S/c1-3-4-5-6-7-9-18(10-8-11-19)16(20)15-12-14(17)13(2)21-15/h12,19H,3-11,17H2,1-2H3. The second-order valence-corrected chi connectivity index (χ2v) is 6.66. The predicted molar refractivity (Wildman–Crippen MR) is 89.8 cm³/mol. The minimum atomic E-state index is 0.0451. The van der Waals surface area contributed by atoms with Crippen molar-refractivity contribution in [1.82, 2.24) is 4.90 Å². The predicted octanol–water partition coefficient (Wildman–Crippen LogP) is 3.43. The van der Waals surface area contributed by atoms with Crippen molar-refractivity contribution in [3.05, 3.63) is 15.8 Å². The monoisotopic (exact) mass is 312 g/mol. The molecular formula is C16H28N2O2S. The lowest BCUT2D eigenvalue weighted by atomic mass is 10.1. The number of thiophene rings is 1. The van der Waals surface area contributed by atoms with Gasteiger partial charge in [0.15, 0.2) is 0 Å². The number of amides is 1. The number of nitrogens with zero attached hydrogens (tertiary/aromatic N) is 1. The third kappa shape index (κ3) is 6.06. The van der Waals surface area contributed by atoms with Crippen LogP contribution in [0, 0.1) is 6.92 Å². The second-order valence-electron chi connectivity index (χ2n) is 5.41. The number of carbonyl (C=O) groups excluding carboxylic acids is 1. The first-order valence-electron chi connectivity index (χ1n) is 7.86. The Morgan fingerprint density at radius 2 is 1.90 bits per heavy atom. The zero-order valence-electron chi connectivity index (χ0n) is 13.2. The number of rotatable bonds is 10. The van der Waals surface area contributed by atoms with Crippen LogP contribution in [0.5, 0.6) is 0 Å². The van der Waals surface area contributed by atoms with Crippen LogP contribution in [0.1, 0.15) is 60.0 Å². The van der Waals surface area contributed by atoms with Crippen LogP contribution in [-0.2, 0) is 0 Å². The minimum absolute atomic E-state index is 0.0451. The number of nitrogens with two attached hydrogens (primary N) is 1. The molecule has 3 N–H and O–H groups in total. The first-order valence-corrected chi connectivity index (χ1v) is 8.67. The summed E-state index contributed by atoms with van der Waals surface area (Å²) < 4.78 is 0. The van der Waals surface area contributed by atoms with E-state index in [2.05, 4.69) is 6.92 Å². The number of aryl methyl sites for hydroxylation is 1. The molecule has 0 spiro atoms. The molecule has 0 radical (unpaired) electrons. The molecule has 5 heteroatoms. The molecule has 1 rings (SSSR count). The summed E-state index contributed by atoms with van der Waals surface area (Å²) in [6, 6.07) is 1.77. The van der Waals surface area contributed by atoms with Gasteiger partial charge < -0.3 is 15.7 Å². The highest BCUT2D eigenvalue weighted by atomic mass is 32.1. The molecule has 120 valence electrons. The fourth-order valence-electron chi connectivity index (χ4n) is 2.24. The quantitative estimate of drug-likeness (QED) is 0.650. The maximum atomic E-state index is 12.5. The Hall–Kier alpha value is -1.07. The second kappa shape index (κ2) is 9.79. The Balaban J connectivity index is 2.56. The van der Waals surface area contributed by atoms with Gasteiger partial charge in [-0.05, 0) is 25.8 Å². The summed E-state index contributed by atoms with van der Waals surface area (Å²) in [6.45, 7) is 5.62. The van der Waals surface area contributed by atoms with E-state index in [4.69, 9.17) is 10.8 Å². The summed E-state index contributed by atoms with van der Waals surface area (Å²) in [7, 11) is 0. The first-order chi connectivity index (χ1) is 10.1. The van der Waals surface area contributed by atoms with Crippen molar-refractivity contribution in [3.8, 4) is 0 Å². The van der Waals surface area contributed by atoms with Crippen molar-refractivity contribution in [2.24, 2.45) is 0 Å². The van der Waals surface area contributed by atoms with Crippen molar-refractivity contribution < 1.29 is 9.90 Å². The third-order valence-corrected chi connectivity index (χ3v) is 4.63. The van der Waals surface area contributed by atoms with Crippen LogP contribution in [0.3, 0.4) is 0 Å². The Kier molecular flexibility index (Phi) is 8.38. The van der Waals surface area contributed by atoms with E-state index in [9.17, 15) is 4.79 Å². The zero-order chi connectivity index (χ0) is 15.7. The average Bonchev–Trinajstić information content (AvgIpc) is 2.81. The molecule has 0 aliphatic rings. The van der Waals surface area contributed by atoms with Gasteiger partial charge >= 0.3 is 0 Å². The lowest BCUT2D eigenvalue weighted by Gasteiger charge is -2.21. The van der Waals surface area contributed by atoms with Gasteiger partial charge in [-0.15, -0.1) is 11.3 Å². The van der Waals surface area contributed by atoms with E-state index in [1.165, 1.54) is 30.6 Å². The maximum absolute atomic E-state index is 12.5. The molecule has 1 aromatic heterocycles. The summed E-state index contributed by atoms with van der Waals surface area (Å²) in [5.41, 5.74) is 6.52. The van der Waals surface area contributed by atoms with Crippen LogP contribution in [-0.4, -0.2) is 35.6 Å². The van der Waals surface area contributed by atoms with Crippen LogP contribution >= 0.6 is 11.3 Å². The van der Waals surface area contributed by atoms with Crippen molar-refractivity contribution in [3.63, 3.8) is 0 Å². The van der Waals surface area contributed by atoms with Gasteiger partial charge in [0.05, 0.1) is 4.88 Å². The lowest BCUT2D eigenvalue weighted by molar-refractivity contribution is 0.0746. The van der Waals surface area contributed by atoms with Gasteiger partial charge in [0.1, 0.15) is 0 Å². The number of aliphatic hydroxyl groups is 1. The highest BCUT2D eigenvalue weighted by Gasteiger charge is 2.18. The van der Waals surface area contributed by atoms with Crippen LogP contribution in [0.4, 0.5) is 5.69 Å². The number of hydrogen-bond acceptors (Lipinski definition) is 4. The van der Waals surface area contributed by atoms with Crippen LogP contribution in [0.2, 0.25) is 0 Å². The van der Waals surface area contributed by atoms with Gasteiger partial charge in [-0.25, -0.2) is 0 Å². The van der Waals surface area contributed by atoms with E-state index in [1.54, 1.807) is 6.07 Å². The Bertz CT molecular complexity index is 412. The first kappa shape index (κ1) is 18.0. The molecule has 0 bridgehead atoms. The van der Waals surface area contributed by atoms with Gasteiger partial charge in [-0.3, -0.25) is 4.79 Å². The largest absolute Gasteiger partial charge is 0.398 e.